The van der Waals surface area contributed by atoms with Crippen LogP contribution in [0.2, 0.25) is 0 Å². The van der Waals surface area contributed by atoms with E-state index in [0.717, 1.165) is 18.4 Å². The molecule has 4 aliphatic carbocycles. The van der Waals surface area contributed by atoms with Crippen molar-refractivity contribution >= 4 is 11.9 Å². The number of hydrogen-bond acceptors (Lipinski definition) is 5. The van der Waals surface area contributed by atoms with Gasteiger partial charge in [-0.15, -0.1) is 0 Å². The Kier molecular flexibility index (Phi) is 7.15. The number of rotatable bonds is 5. The Balaban J connectivity index is 1.66. The van der Waals surface area contributed by atoms with Crippen LogP contribution >= 0.6 is 0 Å². The van der Waals surface area contributed by atoms with Crippen LogP contribution in [-0.2, 0) is 30.4 Å². The maximum Gasteiger partial charge on any atom is 0.335 e. The average molecular weight is 535 g/mol. The molecule has 3 fully saturated rings. The fourth-order valence-electron chi connectivity index (χ4n) is 9.83. The van der Waals surface area contributed by atoms with E-state index in [0.29, 0.717) is 41.4 Å². The van der Waals surface area contributed by atoms with Gasteiger partial charge in [-0.1, -0.05) is 76.1 Å². The lowest BCUT2D eigenvalue weighted by Gasteiger charge is -2.68. The lowest BCUT2D eigenvalue weighted by atomic mass is 9.37. The Morgan fingerprint density at radius 2 is 1.59 bits per heavy atom. The van der Waals surface area contributed by atoms with E-state index in [-0.39, 0.29) is 16.9 Å². The molecule has 0 aliphatic heterocycles. The quantitative estimate of drug-likeness (QED) is 0.295. The van der Waals surface area contributed by atoms with E-state index in [2.05, 4.69) is 52.8 Å². The maximum absolute atomic E-state index is 13.5. The molecule has 212 valence electrons. The van der Waals surface area contributed by atoms with Gasteiger partial charge in [0.15, 0.2) is 0 Å². The SMILES string of the molecule is COC(=O)C1=C(C(=O)OC)[C@@]2(C)C(=CC1)[C@]1(C)CC[C@H]3C(C)(C)CCC[C@]3(C)[C@H]1C[C@H]2OCc1ccccc1. The van der Waals surface area contributed by atoms with Gasteiger partial charge in [-0.25, -0.2) is 9.59 Å². The number of benzene rings is 1. The van der Waals surface area contributed by atoms with E-state index >= 15 is 0 Å². The number of fused-ring (bicyclic) bond motifs is 5. The van der Waals surface area contributed by atoms with Gasteiger partial charge < -0.3 is 14.2 Å². The van der Waals surface area contributed by atoms with Crippen LogP contribution in [0.4, 0.5) is 0 Å². The molecule has 3 saturated carbocycles. The first kappa shape index (κ1) is 28.1. The van der Waals surface area contributed by atoms with E-state index in [1.807, 2.05) is 18.2 Å². The van der Waals surface area contributed by atoms with Crippen molar-refractivity contribution in [1.29, 1.82) is 0 Å². The second-order valence-corrected chi connectivity index (χ2v) is 13.8. The van der Waals surface area contributed by atoms with Crippen molar-refractivity contribution in [3.8, 4) is 0 Å². The van der Waals surface area contributed by atoms with Gasteiger partial charge in [0.2, 0.25) is 0 Å². The molecule has 0 spiro atoms. The molecular weight excluding hydrogens is 488 g/mol. The van der Waals surface area contributed by atoms with E-state index in [1.54, 1.807) is 0 Å². The van der Waals surface area contributed by atoms with E-state index in [4.69, 9.17) is 14.2 Å². The van der Waals surface area contributed by atoms with Gasteiger partial charge in [0.25, 0.3) is 0 Å². The summed E-state index contributed by atoms with van der Waals surface area (Å²) in [7, 11) is 2.77. The van der Waals surface area contributed by atoms with Crippen LogP contribution in [-0.4, -0.2) is 32.3 Å². The molecule has 0 saturated heterocycles. The first-order valence-electron chi connectivity index (χ1n) is 14.7. The Morgan fingerprint density at radius 3 is 2.26 bits per heavy atom. The van der Waals surface area contributed by atoms with Crippen molar-refractivity contribution < 1.29 is 23.8 Å². The Morgan fingerprint density at radius 1 is 0.897 bits per heavy atom. The molecular formula is C34H46O5. The normalized spacial score (nSPS) is 37.1. The van der Waals surface area contributed by atoms with Gasteiger partial charge in [-0.2, -0.15) is 0 Å². The number of carbonyl (C=O) groups is 2. The van der Waals surface area contributed by atoms with Crippen LogP contribution in [0.25, 0.3) is 0 Å². The van der Waals surface area contributed by atoms with Crippen LogP contribution in [0.15, 0.2) is 53.1 Å². The summed E-state index contributed by atoms with van der Waals surface area (Å²) in [5.41, 5.74) is 2.77. The highest BCUT2D eigenvalue weighted by atomic mass is 16.5. The molecule has 0 radical (unpaired) electrons. The Labute approximate surface area is 234 Å². The number of hydrogen-bond donors (Lipinski definition) is 0. The van der Waals surface area contributed by atoms with Crippen molar-refractivity contribution in [2.24, 2.45) is 33.5 Å². The van der Waals surface area contributed by atoms with E-state index in [1.165, 1.54) is 45.5 Å². The van der Waals surface area contributed by atoms with Gasteiger partial charge >= 0.3 is 11.9 Å². The van der Waals surface area contributed by atoms with E-state index in [9.17, 15) is 9.59 Å². The fourth-order valence-corrected chi connectivity index (χ4v) is 9.83. The van der Waals surface area contributed by atoms with E-state index < -0.39 is 17.4 Å². The Hall–Kier alpha value is -2.40. The smallest absolute Gasteiger partial charge is 0.335 e. The number of esters is 2. The summed E-state index contributed by atoms with van der Waals surface area (Å²) in [5.74, 6) is 0.145. The molecule has 0 aromatic heterocycles. The van der Waals surface area contributed by atoms with Gasteiger partial charge in [0.05, 0.1) is 38.1 Å². The zero-order valence-electron chi connectivity index (χ0n) is 24.9. The van der Waals surface area contributed by atoms with Gasteiger partial charge in [0, 0.05) is 5.41 Å². The second kappa shape index (κ2) is 9.90. The third-order valence-electron chi connectivity index (χ3n) is 11.5. The topological polar surface area (TPSA) is 61.8 Å². The predicted molar refractivity (Wildman–Crippen MR) is 152 cm³/mol. The molecule has 0 heterocycles. The highest BCUT2D eigenvalue weighted by Gasteiger charge is 2.66. The summed E-state index contributed by atoms with van der Waals surface area (Å²) in [6.45, 7) is 12.5. The van der Waals surface area contributed by atoms with Crippen LogP contribution in [0.1, 0.15) is 85.1 Å². The minimum Gasteiger partial charge on any atom is -0.466 e. The number of carbonyl (C=O) groups excluding carboxylic acids is 2. The molecule has 1 aromatic rings. The first-order chi connectivity index (χ1) is 18.4. The van der Waals surface area contributed by atoms with Gasteiger partial charge in [-0.3, -0.25) is 0 Å². The molecule has 0 N–H and O–H groups in total. The molecule has 0 unspecified atom stereocenters. The summed E-state index contributed by atoms with van der Waals surface area (Å²) in [5, 5.41) is 0. The molecule has 5 heteroatoms. The minimum atomic E-state index is -0.789. The van der Waals surface area contributed by atoms with Crippen molar-refractivity contribution in [2.75, 3.05) is 14.2 Å². The summed E-state index contributed by atoms with van der Waals surface area (Å²) in [4.78, 5) is 26.6. The highest BCUT2D eigenvalue weighted by molar-refractivity contribution is 6.02. The van der Waals surface area contributed by atoms with Gasteiger partial charge in [-0.05, 0) is 79.1 Å². The Bertz CT molecular complexity index is 1200. The van der Waals surface area contributed by atoms with Crippen molar-refractivity contribution in [1.82, 2.24) is 0 Å². The lowest BCUT2D eigenvalue weighted by Crippen LogP contribution is -2.63. The van der Waals surface area contributed by atoms with Crippen molar-refractivity contribution in [3.05, 3.63) is 58.7 Å². The molecule has 5 nitrogen and oxygen atoms in total. The predicted octanol–water partition coefficient (Wildman–Crippen LogP) is 7.20. The lowest BCUT2D eigenvalue weighted by molar-refractivity contribution is -0.172. The summed E-state index contributed by atoms with van der Waals surface area (Å²) in [6, 6.07) is 10.2. The number of ether oxygens (including phenoxy) is 3. The molecule has 39 heavy (non-hydrogen) atoms. The van der Waals surface area contributed by atoms with Crippen LogP contribution in [0, 0.1) is 33.5 Å². The molecule has 1 aromatic carbocycles. The highest BCUT2D eigenvalue weighted by Crippen LogP contribution is 2.72. The number of methoxy groups -OCH3 is 2. The minimum absolute atomic E-state index is 0.0963. The number of allylic oxidation sites excluding steroid dienone is 1. The van der Waals surface area contributed by atoms with Crippen LogP contribution < -0.4 is 0 Å². The van der Waals surface area contributed by atoms with Crippen molar-refractivity contribution in [3.63, 3.8) is 0 Å². The first-order valence-corrected chi connectivity index (χ1v) is 14.7. The standard InChI is InChI=1S/C34H46O5/c1-31(2)17-11-18-32(3)24(31)16-19-33(4)25-15-14-23(29(35)37-6)28(30(36)38-7)34(25,5)27(20-26(32)33)39-21-22-12-9-8-10-13-22/h8-10,12-13,15,24,26-27H,11,14,16-21H2,1-7H3/t24-,26+,27+,32-,33-,34-/m0/s1. The summed E-state index contributed by atoms with van der Waals surface area (Å²) < 4.78 is 17.4. The summed E-state index contributed by atoms with van der Waals surface area (Å²) >= 11 is 0. The van der Waals surface area contributed by atoms with Crippen LogP contribution in [0.3, 0.4) is 0 Å². The third kappa shape index (κ3) is 4.22. The largest absolute Gasteiger partial charge is 0.466 e. The molecule has 6 atom stereocenters. The maximum atomic E-state index is 13.5. The second-order valence-electron chi connectivity index (χ2n) is 13.8. The molecule has 0 amide bonds. The summed E-state index contributed by atoms with van der Waals surface area (Å²) in [6.07, 6.45) is 9.19. The van der Waals surface area contributed by atoms with Crippen molar-refractivity contribution in [2.45, 2.75) is 92.3 Å². The average Bonchev–Trinajstić information content (AvgIpc) is 2.90. The fraction of sp³-hybridized carbons (Fsp3) is 0.647. The monoisotopic (exact) mass is 534 g/mol. The molecule has 0 bridgehead atoms. The zero-order chi connectivity index (χ0) is 28.2. The molecule has 5 rings (SSSR count). The molecule has 4 aliphatic rings. The van der Waals surface area contributed by atoms with Crippen LogP contribution in [0.5, 0.6) is 0 Å². The third-order valence-corrected chi connectivity index (χ3v) is 11.5. The zero-order valence-corrected chi connectivity index (χ0v) is 24.9. The van der Waals surface area contributed by atoms with Gasteiger partial charge in [0.1, 0.15) is 0 Å².